The molecule has 216 valence electrons. The monoisotopic (exact) mass is 700 g/mol. The van der Waals surface area contributed by atoms with E-state index in [1.165, 1.54) is 24.3 Å². The number of aryl methyl sites for hydroxylation is 1. The van der Waals surface area contributed by atoms with Gasteiger partial charge < -0.3 is 0 Å². The number of rotatable bonds is 13. The summed E-state index contributed by atoms with van der Waals surface area (Å²) in [7, 11) is -4.20. The van der Waals surface area contributed by atoms with Crippen molar-refractivity contribution in [3.8, 4) is 0 Å². The molecule has 0 N–H and O–H groups in total. The largest absolute Gasteiger partial charge is 0.460 e. The summed E-state index contributed by atoms with van der Waals surface area (Å²) in [6.45, 7) is 1.17. The minimum absolute atomic E-state index is 0.182. The lowest BCUT2D eigenvalue weighted by molar-refractivity contribution is -0.440. The molecular formula is C19H18F13IO3S. The molecule has 1 unspecified atom stereocenters. The number of alkyl halides is 14. The molecule has 0 bridgehead atoms. The molecule has 0 aliphatic carbocycles. The molecule has 1 rings (SSSR count). The summed E-state index contributed by atoms with van der Waals surface area (Å²) in [4.78, 5) is -0.208. The van der Waals surface area contributed by atoms with Gasteiger partial charge in [0, 0.05) is 10.3 Å². The second-order valence-electron chi connectivity index (χ2n) is 7.89. The Bertz CT molecular complexity index is 1010. The third kappa shape index (κ3) is 6.94. The Morgan fingerprint density at radius 3 is 1.68 bits per heavy atom. The van der Waals surface area contributed by atoms with Crippen LogP contribution in [0.5, 0.6) is 0 Å². The molecule has 0 saturated heterocycles. The van der Waals surface area contributed by atoms with Crippen molar-refractivity contribution in [1.82, 2.24) is 0 Å². The molecule has 0 fully saturated rings. The quantitative estimate of drug-likeness (QED) is 0.0694. The summed E-state index contributed by atoms with van der Waals surface area (Å²) in [6.07, 6.45) is -10.7. The number of unbranched alkanes of at least 4 members (excludes halogenated alkanes) is 1. The molecule has 0 aliphatic rings. The lowest BCUT2D eigenvalue weighted by Crippen LogP contribution is -2.70. The molecule has 1 aromatic rings. The second kappa shape index (κ2) is 11.2. The first-order valence-electron chi connectivity index (χ1n) is 9.91. The van der Waals surface area contributed by atoms with Crippen molar-refractivity contribution < 1.29 is 69.7 Å². The topological polar surface area (TPSA) is 43.4 Å². The summed E-state index contributed by atoms with van der Waals surface area (Å²) in [6, 6.07) is 5.41. The number of hydrogen-bond acceptors (Lipinski definition) is 3. The van der Waals surface area contributed by atoms with E-state index in [0.29, 0.717) is 0 Å². The van der Waals surface area contributed by atoms with E-state index in [9.17, 15) is 65.5 Å². The van der Waals surface area contributed by atoms with Gasteiger partial charge in [-0.05, 0) is 31.9 Å². The molecule has 0 amide bonds. The molecule has 0 saturated carbocycles. The zero-order chi connectivity index (χ0) is 29.3. The van der Waals surface area contributed by atoms with E-state index in [2.05, 4.69) is 0 Å². The maximum absolute atomic E-state index is 13.9. The van der Waals surface area contributed by atoms with Gasteiger partial charge in [0.15, 0.2) is 0 Å². The standard InChI is InChI=1S/C19H18F13IO3S/c1-11-5-7-13(8-6-11)37(34,35)36-9-3-2-4-12(33)10-14(20,21)15(22,23)16(24,25)17(26,27)18(28,29)19(30,31)32/h5-8,12H,2-4,9-10H2,1H3. The first kappa shape index (κ1) is 34.0. The maximum atomic E-state index is 13.9. The van der Waals surface area contributed by atoms with Crippen LogP contribution in [0.15, 0.2) is 29.2 Å². The van der Waals surface area contributed by atoms with Gasteiger partial charge in [0.05, 0.1) is 11.5 Å². The highest BCUT2D eigenvalue weighted by Gasteiger charge is 2.90. The van der Waals surface area contributed by atoms with Crippen LogP contribution < -0.4 is 0 Å². The van der Waals surface area contributed by atoms with E-state index in [1.54, 1.807) is 6.92 Å². The average molecular weight is 700 g/mol. The molecule has 1 aromatic carbocycles. The zero-order valence-corrected chi connectivity index (χ0v) is 21.3. The summed E-state index contributed by atoms with van der Waals surface area (Å²) in [5.74, 6) is -36.9. The fraction of sp³-hybridized carbons (Fsp3) is 0.684. The van der Waals surface area contributed by atoms with Crippen LogP contribution in [0.3, 0.4) is 0 Å². The number of benzene rings is 1. The summed E-state index contributed by atoms with van der Waals surface area (Å²) in [5.41, 5.74) is 0.741. The predicted octanol–water partition coefficient (Wildman–Crippen LogP) is 7.80. The van der Waals surface area contributed by atoms with Crippen molar-refractivity contribution in [2.45, 2.75) is 77.2 Å². The van der Waals surface area contributed by atoms with Crippen molar-refractivity contribution in [1.29, 1.82) is 0 Å². The van der Waals surface area contributed by atoms with Gasteiger partial charge in [-0.3, -0.25) is 4.18 Å². The van der Waals surface area contributed by atoms with Crippen LogP contribution in [-0.2, 0) is 14.3 Å². The number of halogens is 14. The van der Waals surface area contributed by atoms with E-state index in [4.69, 9.17) is 4.18 Å². The van der Waals surface area contributed by atoms with Gasteiger partial charge >= 0.3 is 35.8 Å². The van der Waals surface area contributed by atoms with Crippen molar-refractivity contribution in [3.05, 3.63) is 29.8 Å². The second-order valence-corrected chi connectivity index (χ2v) is 11.3. The van der Waals surface area contributed by atoms with Gasteiger partial charge in [-0.2, -0.15) is 65.5 Å². The minimum atomic E-state index is -7.92. The number of hydrogen-bond donors (Lipinski definition) is 0. The molecule has 0 heterocycles. The fourth-order valence-corrected chi connectivity index (χ4v) is 4.66. The summed E-state index contributed by atoms with van der Waals surface area (Å²) < 4.78 is 198. The fourth-order valence-electron chi connectivity index (χ4n) is 2.72. The minimum Gasteiger partial charge on any atom is -0.266 e. The lowest BCUT2D eigenvalue weighted by Gasteiger charge is -2.40. The Hall–Kier alpha value is -1.05. The van der Waals surface area contributed by atoms with Crippen LogP contribution >= 0.6 is 22.6 Å². The van der Waals surface area contributed by atoms with Gasteiger partial charge in [-0.15, -0.1) is 0 Å². The van der Waals surface area contributed by atoms with Crippen LogP contribution in [0.2, 0.25) is 0 Å². The van der Waals surface area contributed by atoms with Gasteiger partial charge in [-0.1, -0.05) is 46.7 Å². The smallest absolute Gasteiger partial charge is 0.266 e. The third-order valence-corrected chi connectivity index (χ3v) is 7.33. The predicted molar refractivity (Wildman–Crippen MR) is 111 cm³/mol. The van der Waals surface area contributed by atoms with E-state index >= 15 is 0 Å². The summed E-state index contributed by atoms with van der Waals surface area (Å²) in [5, 5.41) is 0. The molecule has 0 aliphatic heterocycles. The van der Waals surface area contributed by atoms with Crippen LogP contribution in [0.4, 0.5) is 57.1 Å². The Morgan fingerprint density at radius 1 is 0.757 bits per heavy atom. The van der Waals surface area contributed by atoms with E-state index < -0.39 is 69.3 Å². The average Bonchev–Trinajstić information content (AvgIpc) is 2.72. The zero-order valence-electron chi connectivity index (χ0n) is 18.3. The Balaban J connectivity index is 2.80. The molecule has 18 heteroatoms. The van der Waals surface area contributed by atoms with E-state index in [-0.39, 0.29) is 17.7 Å². The van der Waals surface area contributed by atoms with Crippen molar-refractivity contribution in [3.63, 3.8) is 0 Å². The van der Waals surface area contributed by atoms with E-state index in [1.807, 2.05) is 0 Å². The molecule has 37 heavy (non-hydrogen) atoms. The highest BCUT2D eigenvalue weighted by Crippen LogP contribution is 2.61. The molecular weight excluding hydrogens is 682 g/mol. The summed E-state index contributed by atoms with van der Waals surface area (Å²) >= 11 is 1.03. The van der Waals surface area contributed by atoms with E-state index in [0.717, 1.165) is 28.2 Å². The first-order valence-corrected chi connectivity index (χ1v) is 12.6. The van der Waals surface area contributed by atoms with Crippen LogP contribution in [0.1, 0.15) is 31.2 Å². The highest BCUT2D eigenvalue weighted by molar-refractivity contribution is 14.1. The first-order chi connectivity index (χ1) is 16.3. The highest BCUT2D eigenvalue weighted by atomic mass is 127. The van der Waals surface area contributed by atoms with Crippen molar-refractivity contribution >= 4 is 32.7 Å². The molecule has 3 nitrogen and oxygen atoms in total. The van der Waals surface area contributed by atoms with Gasteiger partial charge in [0.1, 0.15) is 0 Å². The molecule has 1 atom stereocenters. The molecule has 0 spiro atoms. The maximum Gasteiger partial charge on any atom is 0.460 e. The van der Waals surface area contributed by atoms with Crippen molar-refractivity contribution in [2.24, 2.45) is 0 Å². The SMILES string of the molecule is Cc1ccc(S(=O)(=O)OCCCCC(I)CC(F)(F)C(F)(F)C(F)(F)C(F)(F)C(F)(F)C(F)(F)F)cc1. The normalized spacial score (nSPS) is 15.6. The van der Waals surface area contributed by atoms with Gasteiger partial charge in [0.2, 0.25) is 0 Å². The van der Waals surface area contributed by atoms with Crippen LogP contribution in [-0.4, -0.2) is 54.7 Å². The van der Waals surface area contributed by atoms with Crippen LogP contribution in [0.25, 0.3) is 0 Å². The Labute approximate surface area is 216 Å². The molecule has 0 radical (unpaired) electrons. The van der Waals surface area contributed by atoms with Crippen LogP contribution in [0, 0.1) is 6.92 Å². The van der Waals surface area contributed by atoms with Gasteiger partial charge in [-0.25, -0.2) is 0 Å². The third-order valence-electron chi connectivity index (χ3n) is 4.94. The Morgan fingerprint density at radius 2 is 1.22 bits per heavy atom. The molecule has 0 aromatic heterocycles. The van der Waals surface area contributed by atoms with Gasteiger partial charge in [0.25, 0.3) is 10.1 Å². The Kier molecular flexibility index (Phi) is 10.3. The van der Waals surface area contributed by atoms with Crippen molar-refractivity contribution in [2.75, 3.05) is 6.61 Å². The lowest BCUT2D eigenvalue weighted by atomic mass is 9.91.